The maximum atomic E-state index is 12.6. The maximum absolute atomic E-state index is 12.6. The number of nitro groups is 1. The Kier molecular flexibility index (Phi) is 8.63. The second-order valence-corrected chi connectivity index (χ2v) is 8.25. The van der Waals surface area contributed by atoms with Crippen molar-refractivity contribution in [3.8, 4) is 5.75 Å². The third-order valence-electron chi connectivity index (χ3n) is 5.22. The van der Waals surface area contributed by atoms with Gasteiger partial charge in [-0.05, 0) is 56.6 Å². The van der Waals surface area contributed by atoms with Crippen molar-refractivity contribution < 1.29 is 24.0 Å². The van der Waals surface area contributed by atoms with Crippen LogP contribution in [0.1, 0.15) is 43.8 Å². The largest absolute Gasteiger partial charge is 0.462 e. The Labute approximate surface area is 203 Å². The van der Waals surface area contributed by atoms with E-state index in [2.05, 4.69) is 22.0 Å². The number of aryl methyl sites for hydroxylation is 2. The number of hydrogen-bond acceptors (Lipinski definition) is 8. The van der Waals surface area contributed by atoms with Gasteiger partial charge in [-0.25, -0.2) is 9.59 Å². The molecule has 9 heteroatoms. The van der Waals surface area contributed by atoms with Gasteiger partial charge in [-0.3, -0.25) is 15.1 Å². The standard InChI is InChI=1S/C26H27N3O6/c1-18-12-19(2)24(29(32)33)23(13-18)35-26(31)22-14-21(15-27-16-22)25(30)34-11-7-10-28(3)17-20-8-5-4-6-9-20/h4-6,8-9,12-16H,7,10-11,17H2,1-3H3. The summed E-state index contributed by atoms with van der Waals surface area (Å²) in [5.74, 6) is -1.64. The van der Waals surface area contributed by atoms with Crippen LogP contribution < -0.4 is 4.74 Å². The SMILES string of the molecule is Cc1cc(C)c([N+](=O)[O-])c(OC(=O)c2cncc(C(=O)OCCCN(C)Cc3ccccc3)c2)c1. The summed E-state index contributed by atoms with van der Waals surface area (Å²) in [7, 11) is 1.99. The van der Waals surface area contributed by atoms with E-state index in [-0.39, 0.29) is 29.2 Å². The Morgan fingerprint density at radius 2 is 1.71 bits per heavy atom. The quantitative estimate of drug-likeness (QED) is 0.138. The summed E-state index contributed by atoms with van der Waals surface area (Å²) >= 11 is 0. The van der Waals surface area contributed by atoms with Crippen LogP contribution in [0.25, 0.3) is 0 Å². The summed E-state index contributed by atoms with van der Waals surface area (Å²) in [5, 5.41) is 11.4. The molecule has 182 valence electrons. The number of benzene rings is 2. The minimum Gasteiger partial charge on any atom is -0.462 e. The summed E-state index contributed by atoms with van der Waals surface area (Å²) in [4.78, 5) is 41.9. The van der Waals surface area contributed by atoms with Gasteiger partial charge >= 0.3 is 17.6 Å². The van der Waals surface area contributed by atoms with Gasteiger partial charge in [-0.2, -0.15) is 0 Å². The number of pyridine rings is 1. The number of esters is 2. The molecule has 35 heavy (non-hydrogen) atoms. The van der Waals surface area contributed by atoms with Gasteiger partial charge in [0.1, 0.15) is 0 Å². The van der Waals surface area contributed by atoms with Crippen molar-refractivity contribution >= 4 is 17.6 Å². The Bertz CT molecular complexity index is 1210. The van der Waals surface area contributed by atoms with E-state index < -0.39 is 16.9 Å². The second-order valence-electron chi connectivity index (χ2n) is 8.25. The fourth-order valence-corrected chi connectivity index (χ4v) is 3.61. The van der Waals surface area contributed by atoms with E-state index >= 15 is 0 Å². The van der Waals surface area contributed by atoms with E-state index in [1.807, 2.05) is 25.2 Å². The van der Waals surface area contributed by atoms with Gasteiger partial charge in [0.2, 0.25) is 5.75 Å². The summed E-state index contributed by atoms with van der Waals surface area (Å²) in [5.41, 5.74) is 2.07. The van der Waals surface area contributed by atoms with Crippen molar-refractivity contribution in [1.82, 2.24) is 9.88 Å². The van der Waals surface area contributed by atoms with Crippen molar-refractivity contribution in [1.29, 1.82) is 0 Å². The predicted octanol–water partition coefficient (Wildman–Crippen LogP) is 4.50. The topological polar surface area (TPSA) is 112 Å². The van der Waals surface area contributed by atoms with Crippen LogP contribution >= 0.6 is 0 Å². The first kappa shape index (κ1) is 25.5. The van der Waals surface area contributed by atoms with E-state index in [1.165, 1.54) is 30.1 Å². The summed E-state index contributed by atoms with van der Waals surface area (Å²) < 4.78 is 10.6. The maximum Gasteiger partial charge on any atom is 0.345 e. The molecule has 1 aromatic heterocycles. The fraction of sp³-hybridized carbons (Fsp3) is 0.269. The molecule has 0 atom stereocenters. The Morgan fingerprint density at radius 1 is 1.03 bits per heavy atom. The van der Waals surface area contributed by atoms with Gasteiger partial charge in [0.05, 0.1) is 22.7 Å². The lowest BCUT2D eigenvalue weighted by Gasteiger charge is -2.16. The summed E-state index contributed by atoms with van der Waals surface area (Å²) in [6.45, 7) is 5.05. The van der Waals surface area contributed by atoms with Crippen molar-refractivity contribution in [3.63, 3.8) is 0 Å². The molecule has 1 heterocycles. The third-order valence-corrected chi connectivity index (χ3v) is 5.22. The minimum absolute atomic E-state index is 0.0181. The normalized spacial score (nSPS) is 10.7. The lowest BCUT2D eigenvalue weighted by atomic mass is 10.1. The molecule has 3 aromatic rings. The zero-order valence-electron chi connectivity index (χ0n) is 19.9. The molecule has 9 nitrogen and oxygen atoms in total. The van der Waals surface area contributed by atoms with Gasteiger partial charge in [0, 0.05) is 31.0 Å². The van der Waals surface area contributed by atoms with Crippen molar-refractivity contribution in [2.75, 3.05) is 20.2 Å². The first-order valence-electron chi connectivity index (χ1n) is 11.1. The lowest BCUT2D eigenvalue weighted by Crippen LogP contribution is -2.21. The van der Waals surface area contributed by atoms with E-state index in [0.29, 0.717) is 17.5 Å². The number of carbonyl (C=O) groups excluding carboxylic acids is 2. The van der Waals surface area contributed by atoms with Crippen LogP contribution in [0.15, 0.2) is 60.9 Å². The van der Waals surface area contributed by atoms with Gasteiger partial charge < -0.3 is 14.4 Å². The molecule has 0 saturated carbocycles. The van der Waals surface area contributed by atoms with Crippen molar-refractivity contribution in [2.24, 2.45) is 0 Å². The van der Waals surface area contributed by atoms with E-state index in [9.17, 15) is 19.7 Å². The first-order chi connectivity index (χ1) is 16.7. The number of carbonyl (C=O) groups is 2. The van der Waals surface area contributed by atoms with Crippen LogP contribution in [0.2, 0.25) is 0 Å². The van der Waals surface area contributed by atoms with E-state index in [1.54, 1.807) is 19.9 Å². The molecule has 0 radical (unpaired) electrons. The highest BCUT2D eigenvalue weighted by Gasteiger charge is 2.23. The molecule has 0 saturated heterocycles. The number of nitro benzene ring substituents is 1. The highest BCUT2D eigenvalue weighted by Crippen LogP contribution is 2.32. The zero-order chi connectivity index (χ0) is 25.4. The Balaban J connectivity index is 1.56. The molecule has 0 fully saturated rings. The molecule has 0 bridgehead atoms. The predicted molar refractivity (Wildman–Crippen MR) is 129 cm³/mol. The molecule has 0 amide bonds. The minimum atomic E-state index is -0.859. The lowest BCUT2D eigenvalue weighted by molar-refractivity contribution is -0.386. The molecule has 2 aromatic carbocycles. The van der Waals surface area contributed by atoms with Gasteiger partial charge in [0.25, 0.3) is 0 Å². The van der Waals surface area contributed by atoms with E-state index in [4.69, 9.17) is 9.47 Å². The fourth-order valence-electron chi connectivity index (χ4n) is 3.61. The van der Waals surface area contributed by atoms with Crippen LogP contribution in [-0.2, 0) is 11.3 Å². The van der Waals surface area contributed by atoms with Gasteiger partial charge in [-0.15, -0.1) is 0 Å². The second kappa shape index (κ2) is 11.8. The molecular weight excluding hydrogens is 450 g/mol. The summed E-state index contributed by atoms with van der Waals surface area (Å²) in [6.07, 6.45) is 3.16. The average molecular weight is 478 g/mol. The summed E-state index contributed by atoms with van der Waals surface area (Å²) in [6, 6.07) is 14.4. The molecule has 0 aliphatic rings. The number of aromatic nitrogens is 1. The molecule has 0 spiro atoms. The van der Waals surface area contributed by atoms with Crippen LogP contribution in [0.3, 0.4) is 0 Å². The molecule has 0 unspecified atom stereocenters. The average Bonchev–Trinajstić information content (AvgIpc) is 2.81. The van der Waals surface area contributed by atoms with Crippen LogP contribution in [0, 0.1) is 24.0 Å². The zero-order valence-corrected chi connectivity index (χ0v) is 19.9. The Hall–Kier alpha value is -4.11. The molecule has 0 aliphatic heterocycles. The highest BCUT2D eigenvalue weighted by atomic mass is 16.6. The van der Waals surface area contributed by atoms with Crippen molar-refractivity contribution in [3.05, 3.63) is 98.9 Å². The van der Waals surface area contributed by atoms with Crippen LogP contribution in [0.4, 0.5) is 5.69 Å². The number of hydrogen-bond donors (Lipinski definition) is 0. The Morgan fingerprint density at radius 3 is 2.40 bits per heavy atom. The molecular formula is C26H27N3O6. The molecule has 0 aliphatic carbocycles. The van der Waals surface area contributed by atoms with E-state index in [0.717, 1.165) is 13.1 Å². The van der Waals surface area contributed by atoms with Crippen molar-refractivity contribution in [2.45, 2.75) is 26.8 Å². The van der Waals surface area contributed by atoms with Crippen LogP contribution in [-0.4, -0.2) is 46.9 Å². The molecule has 0 N–H and O–H groups in total. The molecule has 3 rings (SSSR count). The smallest absolute Gasteiger partial charge is 0.345 e. The van der Waals surface area contributed by atoms with Gasteiger partial charge in [0.15, 0.2) is 0 Å². The highest BCUT2D eigenvalue weighted by molar-refractivity contribution is 5.95. The number of ether oxygens (including phenoxy) is 2. The third kappa shape index (κ3) is 7.18. The van der Waals surface area contributed by atoms with Crippen LogP contribution in [0.5, 0.6) is 5.75 Å². The first-order valence-corrected chi connectivity index (χ1v) is 11.1. The van der Waals surface area contributed by atoms with Gasteiger partial charge in [-0.1, -0.05) is 30.3 Å². The monoisotopic (exact) mass is 477 g/mol. The number of nitrogens with zero attached hydrogens (tertiary/aromatic N) is 3. The number of rotatable bonds is 10.